The number of nitrogens with zero attached hydrogens (tertiary/aromatic N) is 2. The van der Waals surface area contributed by atoms with Gasteiger partial charge in [0.25, 0.3) is 0 Å². The number of amides is 2. The molecule has 0 unspecified atom stereocenters. The number of piperidine rings is 1. The average molecular weight is 646 g/mol. The Morgan fingerprint density at radius 3 is 1.91 bits per heavy atom. The zero-order valence-corrected chi connectivity index (χ0v) is 28.1. The van der Waals surface area contributed by atoms with Gasteiger partial charge in [0, 0.05) is 33.5 Å². The maximum absolute atomic E-state index is 14.0. The molecule has 3 aromatic carbocycles. The maximum atomic E-state index is 14.0. The molecule has 0 aliphatic carbocycles. The van der Waals surface area contributed by atoms with E-state index >= 15 is 0 Å². The Morgan fingerprint density at radius 2 is 1.38 bits per heavy atom. The van der Waals surface area contributed by atoms with Crippen LogP contribution < -0.4 is 5.32 Å². The SMILES string of the molecule is CCC(COC(C)=O)(COC(C)=O)NC(=O)N(CCC1CCN(Cc2ccc(C)cc2)CC1)Cc1ccc(-c2ccc(F)cc2)cc1. The lowest BCUT2D eigenvalue weighted by molar-refractivity contribution is -0.148. The van der Waals surface area contributed by atoms with Crippen molar-refractivity contribution in [3.8, 4) is 11.1 Å². The predicted octanol–water partition coefficient (Wildman–Crippen LogP) is 6.89. The fourth-order valence-corrected chi connectivity index (χ4v) is 5.83. The normalized spacial score (nSPS) is 14.0. The Bertz CT molecular complexity index is 1430. The largest absolute Gasteiger partial charge is 0.463 e. The van der Waals surface area contributed by atoms with Crippen LogP contribution in [-0.4, -0.2) is 66.2 Å². The van der Waals surface area contributed by atoms with Crippen LogP contribution in [-0.2, 0) is 32.2 Å². The van der Waals surface area contributed by atoms with E-state index in [1.165, 1.54) is 37.1 Å². The molecule has 1 N–H and O–H groups in total. The standard InChI is InChI=1S/C38H48FN3O5/c1-5-38(26-46-29(3)43,27-47-30(4)44)40-37(45)42(25-33-10-12-34(13-11-33)35-14-16-36(39)17-15-35)23-20-31-18-21-41(22-19-31)24-32-8-6-28(2)7-9-32/h6-17,31H,5,18-27H2,1-4H3,(H,40,45). The first-order chi connectivity index (χ1) is 22.5. The van der Waals surface area contributed by atoms with Gasteiger partial charge in [0.15, 0.2) is 0 Å². The van der Waals surface area contributed by atoms with Gasteiger partial charge in [-0.15, -0.1) is 0 Å². The summed E-state index contributed by atoms with van der Waals surface area (Å²) in [4.78, 5) is 41.6. The summed E-state index contributed by atoms with van der Waals surface area (Å²) in [5, 5.41) is 3.07. The fraction of sp³-hybridized carbons (Fsp3) is 0.447. The molecular weight excluding hydrogens is 597 g/mol. The van der Waals surface area contributed by atoms with Gasteiger partial charge in [-0.1, -0.05) is 73.2 Å². The summed E-state index contributed by atoms with van der Waals surface area (Å²) < 4.78 is 24.1. The molecule has 0 atom stereocenters. The second-order valence-corrected chi connectivity index (χ2v) is 12.7. The topological polar surface area (TPSA) is 88.2 Å². The number of hydrogen-bond donors (Lipinski definition) is 1. The van der Waals surface area contributed by atoms with Crippen LogP contribution in [0.25, 0.3) is 11.1 Å². The Balaban J connectivity index is 1.45. The third-order valence-electron chi connectivity index (χ3n) is 8.99. The van der Waals surface area contributed by atoms with E-state index in [1.807, 2.05) is 31.2 Å². The number of ether oxygens (including phenoxy) is 2. The first-order valence-electron chi connectivity index (χ1n) is 16.5. The molecule has 9 heteroatoms. The van der Waals surface area contributed by atoms with Gasteiger partial charge in [0.1, 0.15) is 24.6 Å². The number of rotatable bonds is 14. The number of carbonyl (C=O) groups is 3. The Hall–Kier alpha value is -4.24. The zero-order chi connectivity index (χ0) is 33.8. The summed E-state index contributed by atoms with van der Waals surface area (Å²) in [5.74, 6) is -0.758. The minimum absolute atomic E-state index is 0.114. The first kappa shape index (κ1) is 35.6. The van der Waals surface area contributed by atoms with Gasteiger partial charge in [-0.3, -0.25) is 14.5 Å². The summed E-state index contributed by atoms with van der Waals surface area (Å²) in [5.41, 5.74) is 4.32. The molecule has 8 nitrogen and oxygen atoms in total. The molecule has 1 saturated heterocycles. The summed E-state index contributed by atoms with van der Waals surface area (Å²) in [6.07, 6.45) is 3.36. The molecule has 0 saturated carbocycles. The van der Waals surface area contributed by atoms with Crippen LogP contribution in [0.2, 0.25) is 0 Å². The number of benzene rings is 3. The number of nitrogens with one attached hydrogen (secondary N) is 1. The highest BCUT2D eigenvalue weighted by Gasteiger charge is 2.35. The highest BCUT2D eigenvalue weighted by Crippen LogP contribution is 2.25. The van der Waals surface area contributed by atoms with Crippen LogP contribution in [0.4, 0.5) is 9.18 Å². The molecule has 4 rings (SSSR count). The maximum Gasteiger partial charge on any atom is 0.318 e. The van der Waals surface area contributed by atoms with Gasteiger partial charge in [-0.25, -0.2) is 9.18 Å². The van der Waals surface area contributed by atoms with Gasteiger partial charge in [0.2, 0.25) is 0 Å². The van der Waals surface area contributed by atoms with E-state index in [0.717, 1.165) is 55.6 Å². The van der Waals surface area contributed by atoms with E-state index in [4.69, 9.17) is 9.47 Å². The van der Waals surface area contributed by atoms with Gasteiger partial charge >= 0.3 is 18.0 Å². The highest BCUT2D eigenvalue weighted by molar-refractivity contribution is 5.75. The number of esters is 2. The van der Waals surface area contributed by atoms with E-state index < -0.39 is 17.5 Å². The molecule has 3 aromatic rings. The second-order valence-electron chi connectivity index (χ2n) is 12.7. The van der Waals surface area contributed by atoms with Crippen LogP contribution >= 0.6 is 0 Å². The molecule has 2 amide bonds. The lowest BCUT2D eigenvalue weighted by Gasteiger charge is -2.36. The van der Waals surface area contributed by atoms with Gasteiger partial charge < -0.3 is 19.7 Å². The monoisotopic (exact) mass is 645 g/mol. The second kappa shape index (κ2) is 17.1. The fourth-order valence-electron chi connectivity index (χ4n) is 5.83. The van der Waals surface area contributed by atoms with Crippen molar-refractivity contribution in [2.45, 2.75) is 72.0 Å². The van der Waals surface area contributed by atoms with Crippen molar-refractivity contribution >= 4 is 18.0 Å². The van der Waals surface area contributed by atoms with Crippen LogP contribution in [0.15, 0.2) is 72.8 Å². The molecule has 0 radical (unpaired) electrons. The quantitative estimate of drug-likeness (QED) is 0.192. The van der Waals surface area contributed by atoms with Gasteiger partial charge in [0.05, 0.1) is 0 Å². The molecule has 0 aromatic heterocycles. The lowest BCUT2D eigenvalue weighted by Crippen LogP contribution is -2.58. The summed E-state index contributed by atoms with van der Waals surface area (Å²) >= 11 is 0. The van der Waals surface area contributed by atoms with Crippen molar-refractivity contribution in [2.75, 3.05) is 32.8 Å². The van der Waals surface area contributed by atoms with Crippen molar-refractivity contribution in [1.29, 1.82) is 0 Å². The van der Waals surface area contributed by atoms with Crippen molar-refractivity contribution in [1.82, 2.24) is 15.1 Å². The number of hydrogen-bond acceptors (Lipinski definition) is 6. The molecule has 1 fully saturated rings. The summed E-state index contributed by atoms with van der Waals surface area (Å²) in [6.45, 7) is 10.2. The summed E-state index contributed by atoms with van der Waals surface area (Å²) in [6, 6.07) is 22.7. The number of urea groups is 1. The van der Waals surface area contributed by atoms with Crippen molar-refractivity contribution in [3.05, 3.63) is 95.3 Å². The van der Waals surface area contributed by atoms with Crippen molar-refractivity contribution in [2.24, 2.45) is 5.92 Å². The Kier molecular flexibility index (Phi) is 12.9. The summed E-state index contributed by atoms with van der Waals surface area (Å²) in [7, 11) is 0. The third kappa shape index (κ3) is 11.2. The molecule has 252 valence electrons. The molecule has 1 aliphatic heterocycles. The molecule has 1 aliphatic rings. The first-order valence-corrected chi connectivity index (χ1v) is 16.5. The van der Waals surface area contributed by atoms with Crippen molar-refractivity contribution < 1.29 is 28.2 Å². The minimum Gasteiger partial charge on any atom is -0.463 e. The van der Waals surface area contributed by atoms with E-state index in [-0.39, 0.29) is 25.1 Å². The van der Waals surface area contributed by atoms with Crippen molar-refractivity contribution in [3.63, 3.8) is 0 Å². The molecule has 0 spiro atoms. The Morgan fingerprint density at radius 1 is 0.851 bits per heavy atom. The molecular formula is C38H48FN3O5. The number of halogens is 1. The zero-order valence-electron chi connectivity index (χ0n) is 28.1. The predicted molar refractivity (Wildman–Crippen MR) is 181 cm³/mol. The van der Waals surface area contributed by atoms with Crippen LogP contribution in [0, 0.1) is 18.7 Å². The average Bonchev–Trinajstić information content (AvgIpc) is 3.06. The van der Waals surface area contributed by atoms with Gasteiger partial charge in [-0.05, 0) is 86.0 Å². The van der Waals surface area contributed by atoms with E-state index in [9.17, 15) is 18.8 Å². The van der Waals surface area contributed by atoms with Gasteiger partial charge in [-0.2, -0.15) is 0 Å². The van der Waals surface area contributed by atoms with Crippen LogP contribution in [0.3, 0.4) is 0 Å². The third-order valence-corrected chi connectivity index (χ3v) is 8.99. The van der Waals surface area contributed by atoms with E-state index in [0.29, 0.717) is 25.4 Å². The van der Waals surface area contributed by atoms with E-state index in [1.54, 1.807) is 17.0 Å². The number of carbonyl (C=O) groups excluding carboxylic acids is 3. The number of likely N-dealkylation sites (tertiary alicyclic amines) is 1. The number of aryl methyl sites for hydroxylation is 1. The minimum atomic E-state index is -1.07. The molecule has 47 heavy (non-hydrogen) atoms. The lowest BCUT2D eigenvalue weighted by atomic mass is 9.93. The Labute approximate surface area is 278 Å². The highest BCUT2D eigenvalue weighted by atomic mass is 19.1. The molecule has 1 heterocycles. The van der Waals surface area contributed by atoms with Crippen LogP contribution in [0.1, 0.15) is 63.1 Å². The molecule has 0 bridgehead atoms. The van der Waals surface area contributed by atoms with Crippen LogP contribution in [0.5, 0.6) is 0 Å². The van der Waals surface area contributed by atoms with E-state index in [2.05, 4.69) is 41.4 Å². The smallest absolute Gasteiger partial charge is 0.318 e.